The summed E-state index contributed by atoms with van der Waals surface area (Å²) in [6, 6.07) is 15.6. The highest BCUT2D eigenvalue weighted by Gasteiger charge is 2.13. The summed E-state index contributed by atoms with van der Waals surface area (Å²) in [7, 11) is 0. The van der Waals surface area contributed by atoms with E-state index in [-0.39, 0.29) is 17.2 Å². The van der Waals surface area contributed by atoms with E-state index < -0.39 is 16.7 Å². The summed E-state index contributed by atoms with van der Waals surface area (Å²) in [4.78, 5) is 35.3. The quantitative estimate of drug-likeness (QED) is 0.275. The van der Waals surface area contributed by atoms with Gasteiger partial charge in [-0.1, -0.05) is 30.3 Å². The van der Waals surface area contributed by atoms with Crippen LogP contribution in [-0.4, -0.2) is 39.8 Å². The van der Waals surface area contributed by atoms with E-state index >= 15 is 0 Å². The van der Waals surface area contributed by atoms with E-state index in [0.717, 1.165) is 5.56 Å². The third-order valence-electron chi connectivity index (χ3n) is 4.19. The molecule has 2 amide bonds. The first-order valence-electron chi connectivity index (χ1n) is 9.20. The molecule has 0 saturated heterocycles. The van der Waals surface area contributed by atoms with Crippen molar-refractivity contribution >= 4 is 40.9 Å². The number of primary amides is 1. The highest BCUT2D eigenvalue weighted by molar-refractivity contribution is 7.80. The summed E-state index contributed by atoms with van der Waals surface area (Å²) in [5, 5.41) is 13.5. The minimum absolute atomic E-state index is 0.0266. The van der Waals surface area contributed by atoms with Crippen molar-refractivity contribution in [2.75, 3.05) is 13.1 Å². The highest BCUT2D eigenvalue weighted by Crippen LogP contribution is 2.12. The largest absolute Gasteiger partial charge is 0.370 e. The second kappa shape index (κ2) is 11.4. The lowest BCUT2D eigenvalue weighted by Crippen LogP contribution is -2.44. The van der Waals surface area contributed by atoms with Crippen LogP contribution in [0, 0.1) is 10.1 Å². The molecule has 0 aliphatic rings. The molecule has 0 radical (unpaired) electrons. The molecule has 0 bridgehead atoms. The smallest absolute Gasteiger partial charge is 0.269 e. The fourth-order valence-electron chi connectivity index (χ4n) is 2.57. The number of nitrogens with zero attached hydrogens (tertiary/aromatic N) is 2. The monoisotopic (exact) mass is 426 g/mol. The van der Waals surface area contributed by atoms with E-state index in [2.05, 4.69) is 5.32 Å². The Hall–Kier alpha value is -3.59. The highest BCUT2D eigenvalue weighted by atomic mass is 32.1. The normalized spacial score (nSPS) is 10.5. The second-order valence-electron chi connectivity index (χ2n) is 6.42. The lowest BCUT2D eigenvalue weighted by atomic mass is 10.1. The van der Waals surface area contributed by atoms with Gasteiger partial charge in [-0.3, -0.25) is 25.0 Å². The Morgan fingerprint density at radius 2 is 1.77 bits per heavy atom. The maximum Gasteiger partial charge on any atom is 0.269 e. The molecule has 3 N–H and O–H groups in total. The number of nitro benzene ring substituents is 1. The van der Waals surface area contributed by atoms with Gasteiger partial charge in [-0.05, 0) is 48.0 Å². The van der Waals surface area contributed by atoms with Gasteiger partial charge in [0.1, 0.15) is 0 Å². The van der Waals surface area contributed by atoms with Gasteiger partial charge in [0.05, 0.1) is 4.92 Å². The van der Waals surface area contributed by atoms with Gasteiger partial charge in [0.25, 0.3) is 5.69 Å². The third kappa shape index (κ3) is 7.80. The van der Waals surface area contributed by atoms with Crippen LogP contribution in [0.1, 0.15) is 17.5 Å². The van der Waals surface area contributed by atoms with Crippen molar-refractivity contribution in [3.05, 3.63) is 81.9 Å². The van der Waals surface area contributed by atoms with E-state index in [0.29, 0.717) is 25.1 Å². The van der Waals surface area contributed by atoms with Crippen LogP contribution in [-0.2, 0) is 16.0 Å². The minimum Gasteiger partial charge on any atom is -0.370 e. The Morgan fingerprint density at radius 3 is 2.37 bits per heavy atom. The summed E-state index contributed by atoms with van der Waals surface area (Å²) >= 11 is 5.33. The predicted octanol–water partition coefficient (Wildman–Crippen LogP) is 2.43. The molecule has 2 aromatic carbocycles. The van der Waals surface area contributed by atoms with Crippen molar-refractivity contribution < 1.29 is 14.5 Å². The Kier molecular flexibility index (Phi) is 8.64. The lowest BCUT2D eigenvalue weighted by Gasteiger charge is -2.24. The van der Waals surface area contributed by atoms with Gasteiger partial charge in [0.15, 0.2) is 5.11 Å². The third-order valence-corrected chi connectivity index (χ3v) is 4.55. The van der Waals surface area contributed by atoms with Gasteiger partial charge in [-0.25, -0.2) is 0 Å². The van der Waals surface area contributed by atoms with Crippen LogP contribution in [0.4, 0.5) is 5.69 Å². The zero-order chi connectivity index (χ0) is 21.9. The lowest BCUT2D eigenvalue weighted by molar-refractivity contribution is -0.384. The van der Waals surface area contributed by atoms with E-state index in [1.165, 1.54) is 24.3 Å². The number of nitrogens with two attached hydrogens (primary N) is 1. The first-order chi connectivity index (χ1) is 14.3. The average molecular weight is 426 g/mol. The number of amides is 2. The van der Waals surface area contributed by atoms with Crippen molar-refractivity contribution in [2.24, 2.45) is 5.73 Å². The maximum atomic E-state index is 12.2. The van der Waals surface area contributed by atoms with E-state index in [1.807, 2.05) is 30.3 Å². The van der Waals surface area contributed by atoms with E-state index in [1.54, 1.807) is 17.0 Å². The van der Waals surface area contributed by atoms with Crippen molar-refractivity contribution in [3.63, 3.8) is 0 Å². The van der Waals surface area contributed by atoms with Crippen LogP contribution in [0.5, 0.6) is 0 Å². The molecule has 156 valence electrons. The average Bonchev–Trinajstić information content (AvgIpc) is 2.73. The summed E-state index contributed by atoms with van der Waals surface area (Å²) < 4.78 is 0. The molecule has 8 nitrogen and oxygen atoms in total. The Labute approximate surface area is 179 Å². The molecule has 2 rings (SSSR count). The fourth-order valence-corrected chi connectivity index (χ4v) is 2.86. The molecule has 0 atom stereocenters. The maximum absolute atomic E-state index is 12.2. The van der Waals surface area contributed by atoms with Crippen LogP contribution >= 0.6 is 12.2 Å². The topological polar surface area (TPSA) is 119 Å². The number of rotatable bonds is 9. The molecule has 0 aliphatic heterocycles. The summed E-state index contributed by atoms with van der Waals surface area (Å²) in [5.41, 5.74) is 6.96. The number of carbonyl (C=O) groups excluding carboxylic acids is 2. The molecular formula is C21H22N4O4S. The van der Waals surface area contributed by atoms with Gasteiger partial charge in [-0.15, -0.1) is 0 Å². The number of non-ortho nitro benzene ring substituents is 1. The fraction of sp³-hybridized carbons (Fsp3) is 0.190. The van der Waals surface area contributed by atoms with Gasteiger partial charge in [0.2, 0.25) is 11.8 Å². The summed E-state index contributed by atoms with van der Waals surface area (Å²) in [6.07, 6.45) is 3.62. The Balaban J connectivity index is 1.95. The van der Waals surface area contributed by atoms with Crippen LogP contribution in [0.3, 0.4) is 0 Å². The first-order valence-corrected chi connectivity index (χ1v) is 9.60. The molecule has 0 spiro atoms. The van der Waals surface area contributed by atoms with Crippen molar-refractivity contribution in [2.45, 2.75) is 12.8 Å². The predicted molar refractivity (Wildman–Crippen MR) is 118 cm³/mol. The number of nitrogens with one attached hydrogen (secondary N) is 1. The van der Waals surface area contributed by atoms with Crippen LogP contribution < -0.4 is 11.1 Å². The van der Waals surface area contributed by atoms with Crippen LogP contribution in [0.25, 0.3) is 6.08 Å². The number of hydrogen-bond acceptors (Lipinski definition) is 5. The van der Waals surface area contributed by atoms with Crippen molar-refractivity contribution in [1.82, 2.24) is 10.2 Å². The van der Waals surface area contributed by atoms with Gasteiger partial charge in [-0.2, -0.15) is 0 Å². The molecule has 0 aromatic heterocycles. The van der Waals surface area contributed by atoms with Crippen molar-refractivity contribution in [3.8, 4) is 0 Å². The molecule has 9 heteroatoms. The first kappa shape index (κ1) is 22.7. The van der Waals surface area contributed by atoms with Gasteiger partial charge < -0.3 is 10.6 Å². The van der Waals surface area contributed by atoms with E-state index in [9.17, 15) is 19.7 Å². The number of thiocarbonyl (C=S) groups is 1. The molecule has 0 unspecified atom stereocenters. The molecule has 0 saturated carbocycles. The Bertz CT molecular complexity index is 930. The van der Waals surface area contributed by atoms with Gasteiger partial charge >= 0.3 is 0 Å². The Morgan fingerprint density at radius 1 is 1.10 bits per heavy atom. The number of hydrogen-bond donors (Lipinski definition) is 2. The van der Waals surface area contributed by atoms with Crippen molar-refractivity contribution in [1.29, 1.82) is 0 Å². The van der Waals surface area contributed by atoms with Crippen LogP contribution in [0.2, 0.25) is 0 Å². The minimum atomic E-state index is -0.491. The molecule has 0 fully saturated rings. The summed E-state index contributed by atoms with van der Waals surface area (Å²) in [5.74, 6) is -0.894. The van der Waals surface area contributed by atoms with E-state index in [4.69, 9.17) is 18.0 Å². The molecule has 30 heavy (non-hydrogen) atoms. The summed E-state index contributed by atoms with van der Waals surface area (Å²) in [6.45, 7) is 0.815. The second-order valence-corrected chi connectivity index (χ2v) is 6.80. The van der Waals surface area contributed by atoms with Gasteiger partial charge in [0, 0.05) is 37.7 Å². The van der Waals surface area contributed by atoms with Crippen LogP contribution in [0.15, 0.2) is 60.7 Å². The zero-order valence-corrected chi connectivity index (χ0v) is 17.0. The molecule has 0 heterocycles. The molecular weight excluding hydrogens is 404 g/mol. The zero-order valence-electron chi connectivity index (χ0n) is 16.2. The number of nitro groups is 1. The molecule has 2 aromatic rings. The number of carbonyl (C=O) groups is 2. The number of benzene rings is 2. The SMILES string of the molecule is NC(=O)CCN(CCc1ccccc1)C(=S)NC(=O)/C=C/c1ccc([N+](=O)[O-])cc1. The molecule has 0 aliphatic carbocycles. The standard InChI is InChI=1S/C21H22N4O4S/c22-19(26)13-15-24(14-12-16-4-2-1-3-5-16)21(30)23-20(27)11-8-17-6-9-18(10-7-17)25(28)29/h1-11H,12-15H2,(H2,22,26)(H,23,27,30)/b11-8+.